The van der Waals surface area contributed by atoms with Crippen molar-refractivity contribution < 1.29 is 9.53 Å². The molecule has 194 valence electrons. The second-order valence-electron chi connectivity index (χ2n) is 9.67. The number of nitrogens with zero attached hydrogens (tertiary/aromatic N) is 1. The third kappa shape index (κ3) is 6.32. The number of benzene rings is 3. The standard InChI is InChI=1S/C27H27ClN4O2.C3H8/c28-24-4-2-1-3-19(24)12-31-27(33)18-7-10-25(29)23(11-18)26(30)17-5-8-22(9-6-17)32-13-20(14-32)21-15-34-16-21;1-3-2/h1-11,20-21,30H,12-16,29H2,(H,31,33);3H2,1-2H3. The molecular weight excluding hydrogens is 484 g/mol. The predicted molar refractivity (Wildman–Crippen MR) is 152 cm³/mol. The first-order valence-corrected chi connectivity index (χ1v) is 13.2. The van der Waals surface area contributed by atoms with Crippen molar-refractivity contribution in [1.29, 1.82) is 5.41 Å². The highest BCUT2D eigenvalue weighted by atomic mass is 35.5. The molecule has 0 aliphatic carbocycles. The molecule has 37 heavy (non-hydrogen) atoms. The monoisotopic (exact) mass is 518 g/mol. The predicted octanol–water partition coefficient (Wildman–Crippen LogP) is 5.77. The van der Waals surface area contributed by atoms with Gasteiger partial charge >= 0.3 is 0 Å². The van der Waals surface area contributed by atoms with Crippen molar-refractivity contribution in [3.63, 3.8) is 0 Å². The number of amides is 1. The second kappa shape index (κ2) is 12.3. The molecule has 0 radical (unpaired) electrons. The molecule has 3 aromatic carbocycles. The summed E-state index contributed by atoms with van der Waals surface area (Å²) in [6, 6.07) is 20.4. The number of nitrogens with two attached hydrogens (primary N) is 1. The van der Waals surface area contributed by atoms with Crippen molar-refractivity contribution in [3.05, 3.63) is 94.0 Å². The maximum Gasteiger partial charge on any atom is 0.251 e. The fourth-order valence-corrected chi connectivity index (χ4v) is 4.58. The van der Waals surface area contributed by atoms with Gasteiger partial charge in [-0.25, -0.2) is 0 Å². The fraction of sp³-hybridized carbons (Fsp3) is 0.333. The van der Waals surface area contributed by atoms with Gasteiger partial charge in [0, 0.05) is 64.6 Å². The summed E-state index contributed by atoms with van der Waals surface area (Å²) in [5, 5.41) is 12.2. The summed E-state index contributed by atoms with van der Waals surface area (Å²) < 4.78 is 5.31. The van der Waals surface area contributed by atoms with Crippen molar-refractivity contribution in [1.82, 2.24) is 5.32 Å². The lowest BCUT2D eigenvalue weighted by molar-refractivity contribution is -0.0659. The largest absolute Gasteiger partial charge is 0.398 e. The highest BCUT2D eigenvalue weighted by Gasteiger charge is 2.37. The summed E-state index contributed by atoms with van der Waals surface area (Å²) in [6.07, 6.45) is 1.25. The Hall–Kier alpha value is -3.35. The first-order valence-electron chi connectivity index (χ1n) is 12.8. The van der Waals surface area contributed by atoms with Gasteiger partial charge in [0.05, 0.1) is 18.9 Å². The minimum atomic E-state index is -0.242. The van der Waals surface area contributed by atoms with Crippen LogP contribution in [0.5, 0.6) is 0 Å². The first kappa shape index (κ1) is 26.7. The Morgan fingerprint density at radius 2 is 1.68 bits per heavy atom. The van der Waals surface area contributed by atoms with Crippen molar-refractivity contribution in [2.75, 3.05) is 36.9 Å². The minimum absolute atomic E-state index is 0.242. The van der Waals surface area contributed by atoms with Crippen LogP contribution in [0.15, 0.2) is 66.7 Å². The van der Waals surface area contributed by atoms with E-state index in [9.17, 15) is 4.79 Å². The van der Waals surface area contributed by atoms with E-state index in [1.165, 1.54) is 6.42 Å². The summed E-state index contributed by atoms with van der Waals surface area (Å²) >= 11 is 6.18. The summed E-state index contributed by atoms with van der Waals surface area (Å²) in [5.74, 6) is 1.19. The van der Waals surface area contributed by atoms with Crippen LogP contribution < -0.4 is 16.0 Å². The number of nitrogens with one attached hydrogen (secondary N) is 2. The molecule has 0 saturated carbocycles. The Labute approximate surface area is 224 Å². The summed E-state index contributed by atoms with van der Waals surface area (Å²) in [4.78, 5) is 15.1. The molecule has 5 rings (SSSR count). The Balaban J connectivity index is 0.00000102. The van der Waals surface area contributed by atoms with Gasteiger partial charge in [0.15, 0.2) is 0 Å². The van der Waals surface area contributed by atoms with E-state index in [0.717, 1.165) is 49.0 Å². The molecule has 0 bridgehead atoms. The van der Waals surface area contributed by atoms with Gasteiger partial charge < -0.3 is 20.7 Å². The molecular formula is C30H35ClN4O2. The molecule has 0 atom stereocenters. The van der Waals surface area contributed by atoms with Gasteiger partial charge in [-0.15, -0.1) is 0 Å². The maximum atomic E-state index is 12.7. The Kier molecular flexibility index (Phi) is 8.85. The molecule has 0 aromatic heterocycles. The maximum absolute atomic E-state index is 12.7. The number of nitrogen functional groups attached to an aromatic ring is 1. The Morgan fingerprint density at radius 1 is 1.03 bits per heavy atom. The van der Waals surface area contributed by atoms with Crippen molar-refractivity contribution in [2.45, 2.75) is 26.8 Å². The molecule has 3 aromatic rings. The topological polar surface area (TPSA) is 91.4 Å². The first-order chi connectivity index (χ1) is 17.9. The summed E-state index contributed by atoms with van der Waals surface area (Å²) in [6.45, 7) is 8.48. The van der Waals surface area contributed by atoms with Gasteiger partial charge in [0.25, 0.3) is 5.91 Å². The molecule has 4 N–H and O–H groups in total. The molecule has 2 heterocycles. The van der Waals surface area contributed by atoms with Gasteiger partial charge in [-0.1, -0.05) is 62.2 Å². The zero-order chi connectivity index (χ0) is 26.4. The number of hydrogen-bond donors (Lipinski definition) is 3. The highest BCUT2D eigenvalue weighted by molar-refractivity contribution is 6.31. The molecule has 0 unspecified atom stereocenters. The normalized spacial score (nSPS) is 15.2. The molecule has 6 nitrogen and oxygen atoms in total. The number of anilines is 2. The number of hydrogen-bond acceptors (Lipinski definition) is 5. The van der Waals surface area contributed by atoms with Crippen LogP contribution in [0.1, 0.15) is 47.3 Å². The summed E-state index contributed by atoms with van der Waals surface area (Å²) in [5.41, 5.74) is 10.7. The van der Waals surface area contributed by atoms with Gasteiger partial charge in [-0.2, -0.15) is 0 Å². The second-order valence-corrected chi connectivity index (χ2v) is 10.1. The molecule has 2 aliphatic heterocycles. The zero-order valence-electron chi connectivity index (χ0n) is 21.5. The van der Waals surface area contributed by atoms with Crippen LogP contribution >= 0.6 is 11.6 Å². The summed E-state index contributed by atoms with van der Waals surface area (Å²) in [7, 11) is 0. The van der Waals surface area contributed by atoms with Crippen LogP contribution in [0, 0.1) is 17.2 Å². The number of rotatable bonds is 7. The van der Waals surface area contributed by atoms with E-state index in [0.29, 0.717) is 34.3 Å². The molecule has 0 spiro atoms. The quantitative estimate of drug-likeness (QED) is 0.273. The zero-order valence-corrected chi connectivity index (χ0v) is 22.2. The molecule has 2 fully saturated rings. The average molecular weight is 519 g/mol. The Morgan fingerprint density at radius 3 is 2.30 bits per heavy atom. The van der Waals surface area contributed by atoms with E-state index in [-0.39, 0.29) is 11.6 Å². The SMILES string of the molecule is CCC.N=C(c1ccc(N2CC(C3COC3)C2)cc1)c1cc(C(=O)NCc2ccccc2Cl)ccc1N. The fourth-order valence-electron chi connectivity index (χ4n) is 4.38. The van der Waals surface area contributed by atoms with E-state index >= 15 is 0 Å². The van der Waals surface area contributed by atoms with Crippen LogP contribution in [0.3, 0.4) is 0 Å². The molecule has 2 saturated heterocycles. The number of carbonyl (C=O) groups is 1. The number of carbonyl (C=O) groups excluding carboxylic acids is 1. The van der Waals surface area contributed by atoms with E-state index in [4.69, 9.17) is 27.5 Å². The van der Waals surface area contributed by atoms with Crippen LogP contribution in [0.25, 0.3) is 0 Å². The van der Waals surface area contributed by atoms with Crippen molar-refractivity contribution in [2.24, 2.45) is 11.8 Å². The van der Waals surface area contributed by atoms with E-state index in [2.05, 4.69) is 24.1 Å². The highest BCUT2D eigenvalue weighted by Crippen LogP contribution is 2.33. The third-order valence-electron chi connectivity index (χ3n) is 6.74. The molecule has 2 aliphatic rings. The van der Waals surface area contributed by atoms with E-state index in [1.54, 1.807) is 24.3 Å². The van der Waals surface area contributed by atoms with Crippen molar-refractivity contribution >= 4 is 34.6 Å². The van der Waals surface area contributed by atoms with E-state index < -0.39 is 0 Å². The van der Waals surface area contributed by atoms with Crippen LogP contribution in [0.4, 0.5) is 11.4 Å². The lowest BCUT2D eigenvalue weighted by Gasteiger charge is -2.47. The lowest BCUT2D eigenvalue weighted by atomic mass is 9.84. The average Bonchev–Trinajstić information content (AvgIpc) is 2.84. The van der Waals surface area contributed by atoms with Gasteiger partial charge in [-0.05, 0) is 42.0 Å². The molecule has 7 heteroatoms. The third-order valence-corrected chi connectivity index (χ3v) is 7.11. The number of ether oxygens (including phenoxy) is 1. The van der Waals surface area contributed by atoms with Gasteiger partial charge in [0.1, 0.15) is 0 Å². The van der Waals surface area contributed by atoms with Crippen LogP contribution in [-0.2, 0) is 11.3 Å². The van der Waals surface area contributed by atoms with E-state index in [1.807, 2.05) is 42.5 Å². The van der Waals surface area contributed by atoms with Crippen molar-refractivity contribution in [3.8, 4) is 0 Å². The lowest BCUT2D eigenvalue weighted by Crippen LogP contribution is -2.54. The van der Waals surface area contributed by atoms with Crippen LogP contribution in [-0.4, -0.2) is 37.9 Å². The Bertz CT molecular complexity index is 1230. The number of halogens is 1. The smallest absolute Gasteiger partial charge is 0.251 e. The molecule has 1 amide bonds. The van der Waals surface area contributed by atoms with Gasteiger partial charge in [0.2, 0.25) is 0 Å². The minimum Gasteiger partial charge on any atom is -0.398 e. The van der Waals surface area contributed by atoms with Crippen LogP contribution in [0.2, 0.25) is 5.02 Å². The van der Waals surface area contributed by atoms with Gasteiger partial charge in [-0.3, -0.25) is 10.2 Å².